The van der Waals surface area contributed by atoms with E-state index in [0.29, 0.717) is 0 Å². The zero-order valence-corrected chi connectivity index (χ0v) is 13.0. The Morgan fingerprint density at radius 2 is 1.82 bits per heavy atom. The first kappa shape index (κ1) is 15.6. The molecule has 0 heterocycles. The van der Waals surface area contributed by atoms with Gasteiger partial charge in [-0.2, -0.15) is 0 Å². The fraction of sp³-hybridized carbons (Fsp3) is 0.167. The van der Waals surface area contributed by atoms with Crippen molar-refractivity contribution in [3.8, 4) is 5.75 Å². The van der Waals surface area contributed by atoms with Gasteiger partial charge in [-0.15, -0.1) is 0 Å². The molecule has 0 aliphatic rings. The third-order valence-corrected chi connectivity index (χ3v) is 3.24. The molecule has 0 aliphatic carbocycles. The minimum atomic E-state index is -0.267. The second kappa shape index (κ2) is 7.31. The Hall–Kier alpha value is -2.75. The van der Waals surface area contributed by atoms with E-state index in [9.17, 15) is 4.79 Å². The fourth-order valence-corrected chi connectivity index (χ4v) is 2.04. The molecule has 0 bridgehead atoms. The summed E-state index contributed by atoms with van der Waals surface area (Å²) in [6, 6.07) is 13.2. The number of amides is 2. The Labute approximate surface area is 130 Å². The van der Waals surface area contributed by atoms with E-state index in [-0.39, 0.29) is 6.03 Å². The van der Waals surface area contributed by atoms with Gasteiger partial charge in [0.05, 0.1) is 7.11 Å². The maximum absolute atomic E-state index is 11.8. The number of methoxy groups -OCH3 is 1. The smallest absolute Gasteiger partial charge is 0.323 e. The Morgan fingerprint density at radius 1 is 1.09 bits per heavy atom. The van der Waals surface area contributed by atoms with Crippen LogP contribution in [-0.2, 0) is 0 Å². The zero-order chi connectivity index (χ0) is 15.9. The molecule has 0 atom stereocenters. The summed E-state index contributed by atoms with van der Waals surface area (Å²) in [6.45, 7) is 3.99. The van der Waals surface area contributed by atoms with Crippen molar-refractivity contribution in [2.24, 2.45) is 0 Å². The van der Waals surface area contributed by atoms with E-state index in [2.05, 4.69) is 10.6 Å². The summed E-state index contributed by atoms with van der Waals surface area (Å²) in [4.78, 5) is 11.8. The molecule has 0 aliphatic heterocycles. The lowest BCUT2D eigenvalue weighted by atomic mass is 10.1. The van der Waals surface area contributed by atoms with Gasteiger partial charge in [0.15, 0.2) is 0 Å². The number of carbonyl (C=O) groups excluding carboxylic acids is 1. The van der Waals surface area contributed by atoms with E-state index in [4.69, 9.17) is 4.74 Å². The van der Waals surface area contributed by atoms with Crippen LogP contribution in [0.3, 0.4) is 0 Å². The average Bonchev–Trinajstić information content (AvgIpc) is 2.51. The quantitative estimate of drug-likeness (QED) is 0.892. The van der Waals surface area contributed by atoms with Crippen LogP contribution in [0.5, 0.6) is 5.75 Å². The minimum Gasteiger partial charge on any atom is -0.497 e. The molecule has 2 aromatic rings. The van der Waals surface area contributed by atoms with Crippen molar-refractivity contribution < 1.29 is 9.53 Å². The molecule has 0 fully saturated rings. The van der Waals surface area contributed by atoms with Gasteiger partial charge < -0.3 is 15.4 Å². The standard InChI is InChI=1S/C18H20N2O2/c1-13-4-9-17(14(2)12-13)20-18(21)19-11-10-15-5-7-16(22-3)8-6-15/h4-12H,1-3H3,(H2,19,20,21)/b11-10+. The first-order valence-corrected chi connectivity index (χ1v) is 7.04. The van der Waals surface area contributed by atoms with Crippen molar-refractivity contribution in [2.75, 3.05) is 12.4 Å². The molecule has 22 heavy (non-hydrogen) atoms. The predicted molar refractivity (Wildman–Crippen MR) is 90.1 cm³/mol. The summed E-state index contributed by atoms with van der Waals surface area (Å²) in [5.41, 5.74) is 3.99. The van der Waals surface area contributed by atoms with Crippen molar-refractivity contribution in [1.82, 2.24) is 5.32 Å². The fourth-order valence-electron chi connectivity index (χ4n) is 2.04. The van der Waals surface area contributed by atoms with Gasteiger partial charge in [0.25, 0.3) is 0 Å². The molecule has 2 rings (SSSR count). The van der Waals surface area contributed by atoms with Crippen molar-refractivity contribution in [2.45, 2.75) is 13.8 Å². The normalized spacial score (nSPS) is 10.5. The average molecular weight is 296 g/mol. The number of carbonyl (C=O) groups is 1. The summed E-state index contributed by atoms with van der Waals surface area (Å²) in [5, 5.41) is 5.51. The molecule has 4 nitrogen and oxygen atoms in total. The maximum Gasteiger partial charge on any atom is 0.323 e. The molecule has 4 heteroatoms. The highest BCUT2D eigenvalue weighted by molar-refractivity contribution is 5.91. The van der Waals surface area contributed by atoms with Gasteiger partial charge in [-0.3, -0.25) is 0 Å². The van der Waals surface area contributed by atoms with Gasteiger partial charge in [-0.05, 0) is 49.2 Å². The van der Waals surface area contributed by atoms with Crippen LogP contribution >= 0.6 is 0 Å². The molecule has 0 radical (unpaired) electrons. The number of ether oxygens (including phenoxy) is 1. The van der Waals surface area contributed by atoms with Crippen molar-refractivity contribution >= 4 is 17.8 Å². The Balaban J connectivity index is 1.90. The lowest BCUT2D eigenvalue weighted by Crippen LogP contribution is -2.24. The van der Waals surface area contributed by atoms with E-state index in [1.165, 1.54) is 5.56 Å². The molecule has 0 aromatic heterocycles. The van der Waals surface area contributed by atoms with Gasteiger partial charge in [0, 0.05) is 11.9 Å². The first-order chi connectivity index (χ1) is 10.6. The SMILES string of the molecule is COc1ccc(/C=C/NC(=O)Nc2ccc(C)cc2C)cc1. The maximum atomic E-state index is 11.8. The number of hydrogen-bond donors (Lipinski definition) is 2. The van der Waals surface area contributed by atoms with Gasteiger partial charge >= 0.3 is 6.03 Å². The van der Waals surface area contributed by atoms with Crippen LogP contribution in [0.1, 0.15) is 16.7 Å². The van der Waals surface area contributed by atoms with E-state index in [0.717, 1.165) is 22.6 Å². The third kappa shape index (κ3) is 4.38. The van der Waals surface area contributed by atoms with Crippen LogP contribution in [0.15, 0.2) is 48.7 Å². The lowest BCUT2D eigenvalue weighted by Gasteiger charge is -2.08. The van der Waals surface area contributed by atoms with Crippen LogP contribution in [0.4, 0.5) is 10.5 Å². The minimum absolute atomic E-state index is 0.267. The summed E-state index contributed by atoms with van der Waals surface area (Å²) < 4.78 is 5.09. The summed E-state index contributed by atoms with van der Waals surface area (Å²) in [5.74, 6) is 0.803. The van der Waals surface area contributed by atoms with Crippen molar-refractivity contribution in [1.29, 1.82) is 0 Å². The highest BCUT2D eigenvalue weighted by Crippen LogP contribution is 2.15. The number of benzene rings is 2. The Morgan fingerprint density at radius 3 is 2.45 bits per heavy atom. The van der Waals surface area contributed by atoms with Crippen molar-refractivity contribution in [3.05, 3.63) is 65.4 Å². The van der Waals surface area contributed by atoms with Crippen LogP contribution in [0.25, 0.3) is 6.08 Å². The molecule has 0 unspecified atom stereocenters. The zero-order valence-electron chi connectivity index (χ0n) is 13.0. The Kier molecular flexibility index (Phi) is 5.20. The van der Waals surface area contributed by atoms with Gasteiger partial charge in [-0.25, -0.2) is 4.79 Å². The Bertz CT molecular complexity index is 676. The molecular weight excluding hydrogens is 276 g/mol. The topological polar surface area (TPSA) is 50.4 Å². The molecule has 2 N–H and O–H groups in total. The number of urea groups is 1. The van der Waals surface area contributed by atoms with Gasteiger partial charge in [0.1, 0.15) is 5.75 Å². The molecular formula is C18H20N2O2. The molecule has 0 saturated heterocycles. The van der Waals surface area contributed by atoms with E-state index >= 15 is 0 Å². The highest BCUT2D eigenvalue weighted by atomic mass is 16.5. The predicted octanol–water partition coefficient (Wildman–Crippen LogP) is 4.10. The number of aryl methyl sites for hydroxylation is 2. The summed E-state index contributed by atoms with van der Waals surface area (Å²) in [6.07, 6.45) is 3.43. The first-order valence-electron chi connectivity index (χ1n) is 7.04. The van der Waals surface area contributed by atoms with Crippen LogP contribution in [0.2, 0.25) is 0 Å². The molecule has 0 spiro atoms. The number of rotatable bonds is 4. The number of anilines is 1. The summed E-state index contributed by atoms with van der Waals surface area (Å²) in [7, 11) is 1.63. The van der Waals surface area contributed by atoms with E-state index in [1.54, 1.807) is 13.3 Å². The molecule has 114 valence electrons. The number of hydrogen-bond acceptors (Lipinski definition) is 2. The third-order valence-electron chi connectivity index (χ3n) is 3.24. The summed E-state index contributed by atoms with van der Waals surface area (Å²) >= 11 is 0. The second-order valence-corrected chi connectivity index (χ2v) is 5.02. The monoisotopic (exact) mass is 296 g/mol. The highest BCUT2D eigenvalue weighted by Gasteiger charge is 2.02. The van der Waals surface area contributed by atoms with Crippen LogP contribution in [-0.4, -0.2) is 13.1 Å². The van der Waals surface area contributed by atoms with E-state index < -0.39 is 0 Å². The number of nitrogens with one attached hydrogen (secondary N) is 2. The lowest BCUT2D eigenvalue weighted by molar-refractivity contribution is 0.255. The van der Waals surface area contributed by atoms with Crippen molar-refractivity contribution in [3.63, 3.8) is 0 Å². The van der Waals surface area contributed by atoms with Gasteiger partial charge in [-0.1, -0.05) is 29.8 Å². The molecule has 0 saturated carbocycles. The largest absolute Gasteiger partial charge is 0.497 e. The molecule has 2 amide bonds. The second-order valence-electron chi connectivity index (χ2n) is 5.02. The molecule has 2 aromatic carbocycles. The van der Waals surface area contributed by atoms with Crippen LogP contribution in [0, 0.1) is 13.8 Å². The van der Waals surface area contributed by atoms with E-state index in [1.807, 2.05) is 62.4 Å². The van der Waals surface area contributed by atoms with Gasteiger partial charge in [0.2, 0.25) is 0 Å². The van der Waals surface area contributed by atoms with Crippen LogP contribution < -0.4 is 15.4 Å².